The minimum atomic E-state index is -0.534. The molecule has 0 aromatic heterocycles. The third-order valence-electron chi connectivity index (χ3n) is 3.76. The number of carbonyl (C=O) groups is 1. The summed E-state index contributed by atoms with van der Waals surface area (Å²) < 4.78 is 0. The lowest BCUT2D eigenvalue weighted by Crippen LogP contribution is -2.50. The van der Waals surface area contributed by atoms with E-state index in [-0.39, 0.29) is 5.78 Å². The first kappa shape index (κ1) is 12.3. The van der Waals surface area contributed by atoms with Gasteiger partial charge in [-0.1, -0.05) is 18.9 Å². The number of rotatable bonds is 4. The molecule has 0 spiro atoms. The van der Waals surface area contributed by atoms with Crippen molar-refractivity contribution in [3.05, 3.63) is 11.6 Å². The van der Waals surface area contributed by atoms with E-state index in [4.69, 9.17) is 5.41 Å². The summed E-state index contributed by atoms with van der Waals surface area (Å²) in [5, 5.41) is 11.0. The highest BCUT2D eigenvalue weighted by Gasteiger charge is 2.35. The van der Waals surface area contributed by atoms with Crippen molar-refractivity contribution in [1.82, 2.24) is 5.32 Å². The molecule has 1 atom stereocenters. The van der Waals surface area contributed by atoms with Crippen LogP contribution in [-0.4, -0.2) is 17.2 Å². The molecule has 3 heteroatoms. The number of nitrogens with one attached hydrogen (secondary N) is 2. The van der Waals surface area contributed by atoms with Crippen molar-refractivity contribution in [3.63, 3.8) is 0 Å². The standard InChI is InChI=1S/C14H22N2O/c1-3-6-14(2)12(17)8-11(7-10-4-5-10)9-13(15)16-14/h9-10H,3-8H2,1-2H3,(H2,15,16). The van der Waals surface area contributed by atoms with Crippen molar-refractivity contribution in [2.24, 2.45) is 5.92 Å². The first-order valence-corrected chi connectivity index (χ1v) is 6.63. The Labute approximate surface area is 103 Å². The van der Waals surface area contributed by atoms with Crippen LogP contribution in [0.25, 0.3) is 0 Å². The van der Waals surface area contributed by atoms with Gasteiger partial charge in [-0.2, -0.15) is 0 Å². The zero-order chi connectivity index (χ0) is 12.5. The maximum Gasteiger partial charge on any atom is 0.161 e. The third-order valence-corrected chi connectivity index (χ3v) is 3.76. The van der Waals surface area contributed by atoms with Crippen LogP contribution in [0, 0.1) is 11.3 Å². The number of hydrogen-bond donors (Lipinski definition) is 2. The molecule has 0 radical (unpaired) electrons. The van der Waals surface area contributed by atoms with Crippen LogP contribution in [0.2, 0.25) is 0 Å². The summed E-state index contributed by atoms with van der Waals surface area (Å²) in [4.78, 5) is 12.3. The van der Waals surface area contributed by atoms with E-state index in [1.807, 2.05) is 13.0 Å². The maximum absolute atomic E-state index is 12.3. The molecule has 3 nitrogen and oxygen atoms in total. The first-order chi connectivity index (χ1) is 8.03. The van der Waals surface area contributed by atoms with Crippen molar-refractivity contribution < 1.29 is 4.79 Å². The topological polar surface area (TPSA) is 53.0 Å². The van der Waals surface area contributed by atoms with Crippen LogP contribution in [-0.2, 0) is 4.79 Å². The molecule has 2 aliphatic rings. The monoisotopic (exact) mass is 234 g/mol. The maximum atomic E-state index is 12.3. The lowest BCUT2D eigenvalue weighted by Gasteiger charge is -2.28. The molecule has 0 aromatic rings. The van der Waals surface area contributed by atoms with Gasteiger partial charge in [0, 0.05) is 6.42 Å². The van der Waals surface area contributed by atoms with Gasteiger partial charge in [-0.25, -0.2) is 0 Å². The van der Waals surface area contributed by atoms with E-state index in [9.17, 15) is 4.79 Å². The molecule has 0 amide bonds. The largest absolute Gasteiger partial charge is 0.358 e. The van der Waals surface area contributed by atoms with Crippen LogP contribution in [0.15, 0.2) is 11.6 Å². The Morgan fingerprint density at radius 1 is 1.53 bits per heavy atom. The van der Waals surface area contributed by atoms with Crippen LogP contribution < -0.4 is 5.32 Å². The van der Waals surface area contributed by atoms with Crippen molar-refractivity contribution >= 4 is 11.6 Å². The minimum Gasteiger partial charge on any atom is -0.358 e. The Hall–Kier alpha value is -1.12. The fourth-order valence-electron chi connectivity index (χ4n) is 2.59. The molecule has 17 heavy (non-hydrogen) atoms. The van der Waals surface area contributed by atoms with Crippen LogP contribution in [0.5, 0.6) is 0 Å². The van der Waals surface area contributed by atoms with Gasteiger partial charge in [-0.15, -0.1) is 0 Å². The third kappa shape index (κ3) is 2.96. The molecule has 1 aliphatic carbocycles. The molecule has 0 saturated heterocycles. The van der Waals surface area contributed by atoms with Gasteiger partial charge in [0.15, 0.2) is 5.78 Å². The average Bonchev–Trinajstić information content (AvgIpc) is 3.00. The Balaban J connectivity index is 2.10. The second-order valence-electron chi connectivity index (χ2n) is 5.67. The number of carbonyl (C=O) groups excluding carboxylic acids is 1. The van der Waals surface area contributed by atoms with Crippen molar-refractivity contribution in [2.75, 3.05) is 0 Å². The smallest absolute Gasteiger partial charge is 0.161 e. The number of amidine groups is 1. The Morgan fingerprint density at radius 2 is 2.24 bits per heavy atom. The van der Waals surface area contributed by atoms with E-state index >= 15 is 0 Å². The molecule has 2 N–H and O–H groups in total. The lowest BCUT2D eigenvalue weighted by molar-refractivity contribution is -0.123. The number of Topliss-reactive ketones (excluding diaryl/α,β-unsaturated/α-hetero) is 1. The van der Waals surface area contributed by atoms with E-state index in [1.165, 1.54) is 12.8 Å². The molecule has 1 unspecified atom stereocenters. The van der Waals surface area contributed by atoms with Gasteiger partial charge in [0.05, 0.1) is 5.54 Å². The van der Waals surface area contributed by atoms with E-state index < -0.39 is 5.54 Å². The van der Waals surface area contributed by atoms with Gasteiger partial charge in [-0.05, 0) is 44.6 Å². The summed E-state index contributed by atoms with van der Waals surface area (Å²) in [6.07, 6.45) is 7.76. The van der Waals surface area contributed by atoms with Crippen molar-refractivity contribution in [1.29, 1.82) is 5.41 Å². The van der Waals surface area contributed by atoms with E-state index in [0.29, 0.717) is 12.3 Å². The quantitative estimate of drug-likeness (QED) is 0.786. The Bertz CT molecular complexity index is 368. The second kappa shape index (κ2) is 4.63. The zero-order valence-corrected chi connectivity index (χ0v) is 10.8. The highest BCUT2D eigenvalue weighted by Crippen LogP contribution is 2.37. The van der Waals surface area contributed by atoms with Crippen LogP contribution >= 0.6 is 0 Å². The SMILES string of the molecule is CCCC1(C)NC(=N)C=C(CC2CC2)CC1=O. The van der Waals surface area contributed by atoms with Crippen LogP contribution in [0.3, 0.4) is 0 Å². The lowest BCUT2D eigenvalue weighted by atomic mass is 9.88. The average molecular weight is 234 g/mol. The first-order valence-electron chi connectivity index (χ1n) is 6.63. The van der Waals surface area contributed by atoms with Gasteiger partial charge in [0.25, 0.3) is 0 Å². The summed E-state index contributed by atoms with van der Waals surface area (Å²) in [7, 11) is 0. The molecule has 2 rings (SSSR count). The number of allylic oxidation sites excluding steroid dienone is 1. The fraction of sp³-hybridized carbons (Fsp3) is 0.714. The minimum absolute atomic E-state index is 0.244. The molecule has 1 fully saturated rings. The summed E-state index contributed by atoms with van der Waals surface area (Å²) in [6.45, 7) is 4.01. The predicted octanol–water partition coefficient (Wildman–Crippen LogP) is 2.81. The summed E-state index contributed by atoms with van der Waals surface area (Å²) in [5.74, 6) is 1.42. The molecular weight excluding hydrogens is 212 g/mol. The highest BCUT2D eigenvalue weighted by molar-refractivity contribution is 6.01. The second-order valence-corrected chi connectivity index (χ2v) is 5.67. The zero-order valence-electron chi connectivity index (χ0n) is 10.8. The molecule has 94 valence electrons. The highest BCUT2D eigenvalue weighted by atomic mass is 16.1. The predicted molar refractivity (Wildman–Crippen MR) is 69.2 cm³/mol. The fourth-order valence-corrected chi connectivity index (χ4v) is 2.59. The summed E-state index contributed by atoms with van der Waals surface area (Å²) in [6, 6.07) is 0. The summed E-state index contributed by atoms with van der Waals surface area (Å²) in [5.41, 5.74) is 0.614. The molecule has 1 saturated carbocycles. The van der Waals surface area contributed by atoms with Gasteiger partial charge >= 0.3 is 0 Å². The van der Waals surface area contributed by atoms with Gasteiger partial charge in [-0.3, -0.25) is 10.2 Å². The molecule has 0 bridgehead atoms. The van der Waals surface area contributed by atoms with Gasteiger partial charge < -0.3 is 5.32 Å². The van der Waals surface area contributed by atoms with E-state index in [1.54, 1.807) is 0 Å². The van der Waals surface area contributed by atoms with Crippen LogP contribution in [0.4, 0.5) is 0 Å². The number of ketones is 1. The van der Waals surface area contributed by atoms with Crippen molar-refractivity contribution in [2.45, 2.75) is 57.9 Å². The van der Waals surface area contributed by atoms with Gasteiger partial charge in [0.2, 0.25) is 0 Å². The molecule has 1 heterocycles. The molecule has 1 aliphatic heterocycles. The van der Waals surface area contributed by atoms with Crippen LogP contribution in [0.1, 0.15) is 52.4 Å². The molecule has 0 aromatic carbocycles. The van der Waals surface area contributed by atoms with Crippen molar-refractivity contribution in [3.8, 4) is 0 Å². The Morgan fingerprint density at radius 3 is 2.82 bits per heavy atom. The summed E-state index contributed by atoms with van der Waals surface area (Å²) >= 11 is 0. The van der Waals surface area contributed by atoms with E-state index in [0.717, 1.165) is 30.8 Å². The normalized spacial score (nSPS) is 29.6. The Kier molecular flexibility index (Phi) is 3.36. The number of hydrogen-bond acceptors (Lipinski definition) is 2. The van der Waals surface area contributed by atoms with Gasteiger partial charge in [0.1, 0.15) is 5.84 Å². The molecular formula is C14H22N2O. The van der Waals surface area contributed by atoms with E-state index in [2.05, 4.69) is 12.2 Å².